The van der Waals surface area contributed by atoms with Crippen LogP contribution in [0.1, 0.15) is 18.1 Å². The molecule has 0 aliphatic rings. The molecule has 0 heterocycles. The average Bonchev–Trinajstić information content (AvgIpc) is 2.28. The first kappa shape index (κ1) is 14.6. The topological polar surface area (TPSA) is 79.2 Å². The molecule has 0 radical (unpaired) electrons. The number of rotatable bonds is 6. The van der Waals surface area contributed by atoms with Crippen molar-refractivity contribution in [3.8, 4) is 6.07 Å². The number of nitrogens with one attached hydrogen (secondary N) is 1. The molecule has 0 aliphatic heterocycles. The minimum Gasteiger partial charge on any atom is -0.383 e. The first-order valence-corrected chi connectivity index (χ1v) is 7.10. The summed E-state index contributed by atoms with van der Waals surface area (Å²) in [4.78, 5) is 0. The zero-order chi connectivity index (χ0) is 13.6. The van der Waals surface area contributed by atoms with Gasteiger partial charge in [0, 0.05) is 13.2 Å². The van der Waals surface area contributed by atoms with E-state index in [-0.39, 0.29) is 11.8 Å². The van der Waals surface area contributed by atoms with Gasteiger partial charge in [0.05, 0.1) is 24.0 Å². The quantitative estimate of drug-likeness (QED) is 0.835. The van der Waals surface area contributed by atoms with Crippen LogP contribution in [0, 0.1) is 11.3 Å². The van der Waals surface area contributed by atoms with Gasteiger partial charge in [-0.05, 0) is 18.6 Å². The zero-order valence-electron chi connectivity index (χ0n) is 10.4. The van der Waals surface area contributed by atoms with Gasteiger partial charge in [0.15, 0.2) is 0 Å². The molecule has 0 saturated carbocycles. The van der Waals surface area contributed by atoms with E-state index in [0.717, 1.165) is 0 Å². The molecule has 18 heavy (non-hydrogen) atoms. The number of nitrogens with zero attached hydrogens (tertiary/aromatic N) is 1. The predicted octanol–water partition coefficient (Wildman–Crippen LogP) is 1.01. The Hall–Kier alpha value is -1.42. The van der Waals surface area contributed by atoms with Gasteiger partial charge < -0.3 is 4.74 Å². The van der Waals surface area contributed by atoms with Gasteiger partial charge in [-0.3, -0.25) is 0 Å². The summed E-state index contributed by atoms with van der Waals surface area (Å²) in [5.41, 5.74) is 0.874. The van der Waals surface area contributed by atoms with Crippen LogP contribution >= 0.6 is 0 Å². The van der Waals surface area contributed by atoms with Crippen LogP contribution in [-0.2, 0) is 20.5 Å². The first-order valence-electron chi connectivity index (χ1n) is 5.45. The summed E-state index contributed by atoms with van der Waals surface area (Å²) in [7, 11) is -1.96. The van der Waals surface area contributed by atoms with Crippen molar-refractivity contribution in [2.24, 2.45) is 0 Å². The van der Waals surface area contributed by atoms with Crippen molar-refractivity contribution in [1.82, 2.24) is 4.72 Å². The highest BCUT2D eigenvalue weighted by Crippen LogP contribution is 2.11. The average molecular weight is 268 g/mol. The van der Waals surface area contributed by atoms with E-state index >= 15 is 0 Å². The Labute approximate surface area is 107 Å². The maximum absolute atomic E-state index is 11.9. The molecular formula is C12H16N2O3S. The van der Waals surface area contributed by atoms with Gasteiger partial charge in [-0.25, -0.2) is 13.1 Å². The van der Waals surface area contributed by atoms with E-state index < -0.39 is 10.0 Å². The number of nitriles is 1. The van der Waals surface area contributed by atoms with Crippen LogP contribution in [0.3, 0.4) is 0 Å². The van der Waals surface area contributed by atoms with Crippen LogP contribution in [0.5, 0.6) is 0 Å². The van der Waals surface area contributed by atoms with Gasteiger partial charge in [-0.1, -0.05) is 18.2 Å². The summed E-state index contributed by atoms with van der Waals surface area (Å²) in [6.45, 7) is 2.02. The monoisotopic (exact) mass is 268 g/mol. The lowest BCUT2D eigenvalue weighted by Crippen LogP contribution is -2.36. The summed E-state index contributed by atoms with van der Waals surface area (Å²) >= 11 is 0. The number of hydrogen-bond donors (Lipinski definition) is 1. The summed E-state index contributed by atoms with van der Waals surface area (Å²) in [5.74, 6) is -0.204. The van der Waals surface area contributed by atoms with Crippen LogP contribution in [0.25, 0.3) is 0 Å². The van der Waals surface area contributed by atoms with E-state index in [1.165, 1.54) is 7.11 Å². The van der Waals surface area contributed by atoms with Crippen molar-refractivity contribution in [2.45, 2.75) is 18.7 Å². The molecule has 1 rings (SSSR count). The SMILES string of the molecule is COCC(C)NS(=O)(=O)Cc1ccccc1C#N. The Bertz CT molecular complexity index is 534. The van der Waals surface area contributed by atoms with Crippen LogP contribution in [0.2, 0.25) is 0 Å². The van der Waals surface area contributed by atoms with Gasteiger partial charge in [-0.15, -0.1) is 0 Å². The normalized spacial score (nSPS) is 12.9. The van der Waals surface area contributed by atoms with E-state index in [4.69, 9.17) is 10.00 Å². The van der Waals surface area contributed by atoms with E-state index in [1.54, 1.807) is 31.2 Å². The van der Waals surface area contributed by atoms with E-state index in [9.17, 15) is 8.42 Å². The molecule has 5 nitrogen and oxygen atoms in total. The lowest BCUT2D eigenvalue weighted by Gasteiger charge is -2.13. The smallest absolute Gasteiger partial charge is 0.216 e. The Morgan fingerprint density at radius 2 is 2.11 bits per heavy atom. The third kappa shape index (κ3) is 4.45. The molecule has 1 aromatic rings. The van der Waals surface area contributed by atoms with Crippen molar-refractivity contribution in [2.75, 3.05) is 13.7 Å². The van der Waals surface area contributed by atoms with Gasteiger partial charge in [-0.2, -0.15) is 5.26 Å². The zero-order valence-corrected chi connectivity index (χ0v) is 11.2. The van der Waals surface area contributed by atoms with Crippen LogP contribution in [0.15, 0.2) is 24.3 Å². The lowest BCUT2D eigenvalue weighted by molar-refractivity contribution is 0.180. The molecule has 1 aromatic carbocycles. The fourth-order valence-corrected chi connectivity index (χ4v) is 3.02. The second-order valence-corrected chi connectivity index (χ2v) is 5.76. The molecule has 1 atom stereocenters. The summed E-state index contributed by atoms with van der Waals surface area (Å²) in [5, 5.41) is 8.90. The summed E-state index contributed by atoms with van der Waals surface area (Å²) < 4.78 is 31.1. The van der Waals surface area contributed by atoms with E-state index in [1.807, 2.05) is 6.07 Å². The largest absolute Gasteiger partial charge is 0.383 e. The molecule has 6 heteroatoms. The third-order valence-electron chi connectivity index (χ3n) is 2.28. The van der Waals surface area contributed by atoms with Crippen LogP contribution in [0.4, 0.5) is 0 Å². The van der Waals surface area contributed by atoms with Gasteiger partial charge in [0.1, 0.15) is 0 Å². The Morgan fingerprint density at radius 3 is 2.72 bits per heavy atom. The standard InChI is InChI=1S/C12H16N2O3S/c1-10(8-17-2)14-18(15,16)9-12-6-4-3-5-11(12)7-13/h3-6,10,14H,8-9H2,1-2H3. The van der Waals surface area contributed by atoms with Crippen LogP contribution < -0.4 is 4.72 Å². The molecular weight excluding hydrogens is 252 g/mol. The molecule has 0 amide bonds. The van der Waals surface area contributed by atoms with Crippen molar-refractivity contribution < 1.29 is 13.2 Å². The fourth-order valence-electron chi connectivity index (χ4n) is 1.59. The first-order chi connectivity index (χ1) is 8.48. The maximum Gasteiger partial charge on any atom is 0.216 e. The molecule has 0 saturated heterocycles. The van der Waals surface area contributed by atoms with Crippen molar-refractivity contribution in [1.29, 1.82) is 5.26 Å². The molecule has 0 aliphatic carbocycles. The van der Waals surface area contributed by atoms with Gasteiger partial charge >= 0.3 is 0 Å². The highest BCUT2D eigenvalue weighted by molar-refractivity contribution is 7.88. The Kier molecular flexibility index (Phi) is 5.28. The molecule has 0 bridgehead atoms. The Balaban J connectivity index is 2.80. The molecule has 0 spiro atoms. The highest BCUT2D eigenvalue weighted by atomic mass is 32.2. The van der Waals surface area contributed by atoms with Gasteiger partial charge in [0.25, 0.3) is 0 Å². The highest BCUT2D eigenvalue weighted by Gasteiger charge is 2.16. The number of benzene rings is 1. The molecule has 98 valence electrons. The molecule has 1 N–H and O–H groups in total. The molecule has 0 fully saturated rings. The van der Waals surface area contributed by atoms with E-state index in [0.29, 0.717) is 17.7 Å². The van der Waals surface area contributed by atoms with Gasteiger partial charge in [0.2, 0.25) is 10.0 Å². The van der Waals surface area contributed by atoms with Crippen molar-refractivity contribution in [3.63, 3.8) is 0 Å². The number of methoxy groups -OCH3 is 1. The lowest BCUT2D eigenvalue weighted by atomic mass is 10.1. The Morgan fingerprint density at radius 1 is 1.44 bits per heavy atom. The summed E-state index contributed by atoms with van der Waals surface area (Å²) in [6.07, 6.45) is 0. The molecule has 1 unspecified atom stereocenters. The fraction of sp³-hybridized carbons (Fsp3) is 0.417. The summed E-state index contributed by atoms with van der Waals surface area (Å²) in [6, 6.07) is 8.34. The second-order valence-electron chi connectivity index (χ2n) is 4.00. The molecule has 0 aromatic heterocycles. The van der Waals surface area contributed by atoms with E-state index in [2.05, 4.69) is 4.72 Å². The predicted molar refractivity (Wildman–Crippen MR) is 68.3 cm³/mol. The minimum absolute atomic E-state index is 0.204. The number of sulfonamides is 1. The van der Waals surface area contributed by atoms with Crippen LogP contribution in [-0.4, -0.2) is 28.2 Å². The second kappa shape index (κ2) is 6.50. The number of ether oxygens (including phenoxy) is 1. The third-order valence-corrected chi connectivity index (χ3v) is 3.73. The van der Waals surface area contributed by atoms with Crippen molar-refractivity contribution in [3.05, 3.63) is 35.4 Å². The number of hydrogen-bond acceptors (Lipinski definition) is 4. The minimum atomic E-state index is -3.47. The van der Waals surface area contributed by atoms with Crippen molar-refractivity contribution >= 4 is 10.0 Å². The maximum atomic E-state index is 11.9.